The average Bonchev–Trinajstić information content (AvgIpc) is 2.84. The van der Waals surface area contributed by atoms with Crippen molar-refractivity contribution in [1.29, 1.82) is 0 Å². The summed E-state index contributed by atoms with van der Waals surface area (Å²) in [5.41, 5.74) is 1.98. The van der Waals surface area contributed by atoms with Crippen LogP contribution in [0.25, 0.3) is 10.9 Å². The summed E-state index contributed by atoms with van der Waals surface area (Å²) in [4.78, 5) is 17.9. The van der Waals surface area contributed by atoms with E-state index in [1.165, 1.54) is 4.68 Å². The van der Waals surface area contributed by atoms with Gasteiger partial charge in [0.05, 0.1) is 27.8 Å². The summed E-state index contributed by atoms with van der Waals surface area (Å²) in [7, 11) is 1.57. The van der Waals surface area contributed by atoms with E-state index in [1.807, 2.05) is 31.2 Å². The standard InChI is InChI=1S/C26H21BrCl2IN3O3/c1-3-4-24-32-22-8-6-17(27)11-19(22)26(34)33(24)31-13-15-9-21(30)25(23(10-15)35-2)36-14-16-5-7-18(28)12-20(16)29/h5-13H,3-4,14H2,1-2H3. The molecule has 0 saturated carbocycles. The molecule has 6 nitrogen and oxygen atoms in total. The van der Waals surface area contributed by atoms with Gasteiger partial charge >= 0.3 is 0 Å². The van der Waals surface area contributed by atoms with E-state index in [2.05, 4.69) is 48.6 Å². The minimum atomic E-state index is -0.220. The highest BCUT2D eigenvalue weighted by Crippen LogP contribution is 2.35. The van der Waals surface area contributed by atoms with E-state index in [1.54, 1.807) is 37.6 Å². The van der Waals surface area contributed by atoms with Gasteiger partial charge in [0, 0.05) is 26.5 Å². The number of rotatable bonds is 8. The molecule has 0 aliphatic carbocycles. The van der Waals surface area contributed by atoms with Crippen molar-refractivity contribution in [1.82, 2.24) is 9.66 Å². The monoisotopic (exact) mass is 699 g/mol. The van der Waals surface area contributed by atoms with Crippen molar-refractivity contribution < 1.29 is 9.47 Å². The Bertz CT molecular complexity index is 1530. The minimum Gasteiger partial charge on any atom is -0.493 e. The van der Waals surface area contributed by atoms with Crippen LogP contribution in [0.15, 0.2) is 62.9 Å². The van der Waals surface area contributed by atoms with Crippen LogP contribution in [0, 0.1) is 3.57 Å². The molecular formula is C26H21BrCl2IN3O3. The molecule has 0 N–H and O–H groups in total. The van der Waals surface area contributed by atoms with Gasteiger partial charge in [0.25, 0.3) is 5.56 Å². The van der Waals surface area contributed by atoms with Crippen LogP contribution in [-0.4, -0.2) is 23.0 Å². The first-order valence-electron chi connectivity index (χ1n) is 11.0. The van der Waals surface area contributed by atoms with E-state index in [-0.39, 0.29) is 12.2 Å². The fourth-order valence-corrected chi connectivity index (χ4v) is 5.17. The van der Waals surface area contributed by atoms with Gasteiger partial charge < -0.3 is 9.47 Å². The van der Waals surface area contributed by atoms with Crippen molar-refractivity contribution in [2.75, 3.05) is 7.11 Å². The molecule has 0 amide bonds. The Kier molecular flexibility index (Phi) is 8.92. The molecule has 0 spiro atoms. The zero-order valence-corrected chi connectivity index (χ0v) is 24.7. The largest absolute Gasteiger partial charge is 0.493 e. The first-order valence-corrected chi connectivity index (χ1v) is 13.6. The van der Waals surface area contributed by atoms with Crippen LogP contribution in [-0.2, 0) is 13.0 Å². The lowest BCUT2D eigenvalue weighted by atomic mass is 10.2. The maximum atomic E-state index is 13.2. The first kappa shape index (κ1) is 26.9. The molecule has 0 aliphatic heterocycles. The van der Waals surface area contributed by atoms with E-state index < -0.39 is 0 Å². The summed E-state index contributed by atoms with van der Waals surface area (Å²) in [5, 5.41) is 6.10. The lowest BCUT2D eigenvalue weighted by Crippen LogP contribution is -2.22. The molecule has 36 heavy (non-hydrogen) atoms. The van der Waals surface area contributed by atoms with Gasteiger partial charge in [-0.05, 0) is 77.0 Å². The highest BCUT2D eigenvalue weighted by Gasteiger charge is 2.14. The van der Waals surface area contributed by atoms with Gasteiger partial charge in [-0.3, -0.25) is 4.79 Å². The SMILES string of the molecule is CCCc1nc2ccc(Br)cc2c(=O)n1N=Cc1cc(I)c(OCc2ccc(Cl)cc2Cl)c(OC)c1. The molecule has 3 aromatic carbocycles. The van der Waals surface area contributed by atoms with Gasteiger partial charge in [0.1, 0.15) is 12.4 Å². The number of halogens is 4. The Hall–Kier alpha value is -2.14. The number of aromatic nitrogens is 2. The Morgan fingerprint density at radius 2 is 1.97 bits per heavy atom. The summed E-state index contributed by atoms with van der Waals surface area (Å²) in [6, 6.07) is 14.4. The Labute approximate surface area is 240 Å². The van der Waals surface area contributed by atoms with Gasteiger partial charge in [-0.15, -0.1) is 0 Å². The third-order valence-corrected chi connectivity index (χ3v) is 7.19. The molecule has 0 unspecified atom stereocenters. The van der Waals surface area contributed by atoms with Crippen molar-refractivity contribution in [2.45, 2.75) is 26.4 Å². The fraction of sp³-hybridized carbons (Fsp3) is 0.192. The zero-order valence-electron chi connectivity index (χ0n) is 19.4. The van der Waals surface area contributed by atoms with Crippen molar-refractivity contribution >= 4 is 78.8 Å². The van der Waals surface area contributed by atoms with Crippen LogP contribution < -0.4 is 15.0 Å². The van der Waals surface area contributed by atoms with Gasteiger partial charge in [-0.2, -0.15) is 9.78 Å². The van der Waals surface area contributed by atoms with Gasteiger partial charge in [0.2, 0.25) is 0 Å². The van der Waals surface area contributed by atoms with Crippen LogP contribution in [0.1, 0.15) is 30.3 Å². The Balaban J connectivity index is 1.67. The molecule has 186 valence electrons. The summed E-state index contributed by atoms with van der Waals surface area (Å²) in [6.07, 6.45) is 3.08. The highest BCUT2D eigenvalue weighted by molar-refractivity contribution is 14.1. The summed E-state index contributed by atoms with van der Waals surface area (Å²) in [6.45, 7) is 2.29. The molecule has 1 heterocycles. The van der Waals surface area contributed by atoms with Crippen LogP contribution in [0.4, 0.5) is 0 Å². The van der Waals surface area contributed by atoms with E-state index in [0.29, 0.717) is 44.7 Å². The van der Waals surface area contributed by atoms with Crippen molar-refractivity contribution in [3.63, 3.8) is 0 Å². The fourth-order valence-electron chi connectivity index (χ4n) is 3.57. The first-order chi connectivity index (χ1) is 17.3. The van der Waals surface area contributed by atoms with E-state index in [4.69, 9.17) is 32.7 Å². The highest BCUT2D eigenvalue weighted by atomic mass is 127. The van der Waals surface area contributed by atoms with Gasteiger partial charge in [-0.25, -0.2) is 4.98 Å². The second-order valence-electron chi connectivity index (χ2n) is 7.86. The summed E-state index contributed by atoms with van der Waals surface area (Å²) < 4.78 is 14.6. The predicted octanol–water partition coefficient (Wildman–Crippen LogP) is 7.49. The number of hydrogen-bond acceptors (Lipinski definition) is 5. The van der Waals surface area contributed by atoms with E-state index in [0.717, 1.165) is 25.6 Å². The quantitative estimate of drug-likeness (QED) is 0.141. The van der Waals surface area contributed by atoms with E-state index in [9.17, 15) is 4.79 Å². The summed E-state index contributed by atoms with van der Waals surface area (Å²) in [5.74, 6) is 1.73. The number of methoxy groups -OCH3 is 1. The van der Waals surface area contributed by atoms with Crippen molar-refractivity contribution in [2.24, 2.45) is 5.10 Å². The Morgan fingerprint density at radius 3 is 2.69 bits per heavy atom. The van der Waals surface area contributed by atoms with Crippen molar-refractivity contribution in [3.05, 3.63) is 93.9 Å². The topological polar surface area (TPSA) is 65.7 Å². The number of ether oxygens (including phenoxy) is 2. The van der Waals surface area contributed by atoms with Crippen LogP contribution in [0.3, 0.4) is 0 Å². The maximum Gasteiger partial charge on any atom is 0.282 e. The molecule has 1 aromatic heterocycles. The number of benzene rings is 3. The minimum absolute atomic E-state index is 0.220. The Morgan fingerprint density at radius 1 is 1.17 bits per heavy atom. The lowest BCUT2D eigenvalue weighted by Gasteiger charge is -2.14. The number of hydrogen-bond donors (Lipinski definition) is 0. The molecule has 0 saturated heterocycles. The van der Waals surface area contributed by atoms with E-state index >= 15 is 0 Å². The molecule has 0 radical (unpaired) electrons. The molecule has 4 aromatic rings. The third kappa shape index (κ3) is 6.04. The third-order valence-electron chi connectivity index (χ3n) is 5.31. The molecule has 0 bridgehead atoms. The molecule has 4 rings (SSSR count). The second kappa shape index (κ2) is 11.9. The van der Waals surface area contributed by atoms with Gasteiger partial charge in [-0.1, -0.05) is 52.1 Å². The van der Waals surface area contributed by atoms with Crippen LogP contribution >= 0.6 is 61.7 Å². The smallest absolute Gasteiger partial charge is 0.282 e. The number of aryl methyl sites for hydroxylation is 1. The second-order valence-corrected chi connectivity index (χ2v) is 10.8. The molecule has 0 aliphatic rings. The predicted molar refractivity (Wildman–Crippen MR) is 157 cm³/mol. The van der Waals surface area contributed by atoms with Crippen LogP contribution in [0.5, 0.6) is 11.5 Å². The molecule has 0 atom stereocenters. The lowest BCUT2D eigenvalue weighted by molar-refractivity contribution is 0.282. The zero-order chi connectivity index (χ0) is 25.8. The summed E-state index contributed by atoms with van der Waals surface area (Å²) >= 11 is 17.9. The average molecular weight is 701 g/mol. The van der Waals surface area contributed by atoms with Gasteiger partial charge in [0.15, 0.2) is 11.5 Å². The molecule has 10 heteroatoms. The maximum absolute atomic E-state index is 13.2. The normalized spacial score (nSPS) is 11.4. The molecular weight excluding hydrogens is 680 g/mol. The van der Waals surface area contributed by atoms with Crippen LogP contribution in [0.2, 0.25) is 10.0 Å². The molecule has 0 fully saturated rings. The van der Waals surface area contributed by atoms with Crippen molar-refractivity contribution in [3.8, 4) is 11.5 Å². The number of fused-ring (bicyclic) bond motifs is 1. The number of nitrogens with zero attached hydrogens (tertiary/aromatic N) is 3.